The van der Waals surface area contributed by atoms with Gasteiger partial charge >= 0.3 is 0 Å². The number of hydrazone groups is 1. The highest BCUT2D eigenvalue weighted by molar-refractivity contribution is 5.83. The van der Waals surface area contributed by atoms with Crippen molar-refractivity contribution < 1.29 is 4.74 Å². The maximum Gasteiger partial charge on any atom is 0.243 e. The quantitative estimate of drug-likeness (QED) is 0.670. The summed E-state index contributed by atoms with van der Waals surface area (Å²) in [7, 11) is 0. The van der Waals surface area contributed by atoms with E-state index in [1.54, 1.807) is 6.21 Å². The van der Waals surface area contributed by atoms with Crippen LogP contribution in [0.2, 0.25) is 0 Å². The molecule has 20 heavy (non-hydrogen) atoms. The molecule has 0 aliphatic carbocycles. The zero-order valence-electron chi connectivity index (χ0n) is 11.9. The molecule has 1 heterocycles. The van der Waals surface area contributed by atoms with E-state index in [-0.39, 0.29) is 0 Å². The molecule has 0 amide bonds. The van der Waals surface area contributed by atoms with E-state index in [4.69, 9.17) is 4.74 Å². The Morgan fingerprint density at radius 1 is 1.20 bits per heavy atom. The molecule has 5 nitrogen and oxygen atoms in total. The lowest BCUT2D eigenvalue weighted by Gasteiger charge is -2.06. The maximum atomic E-state index is 5.53. The standard InChI is InChI=1S/C15H18N4O/c1-4-20-14-8-6-5-7-13(14)10-16-19-15-17-11(2)9-12(3)18-15/h5-10H,4H2,1-3H3,(H,17,18,19). The molecule has 0 unspecified atom stereocenters. The maximum absolute atomic E-state index is 5.53. The Labute approximate surface area is 118 Å². The first-order chi connectivity index (χ1) is 9.69. The van der Waals surface area contributed by atoms with Gasteiger partial charge in [0.05, 0.1) is 12.8 Å². The number of anilines is 1. The van der Waals surface area contributed by atoms with E-state index < -0.39 is 0 Å². The minimum Gasteiger partial charge on any atom is -0.493 e. The number of hydrogen-bond donors (Lipinski definition) is 1. The second-order valence-electron chi connectivity index (χ2n) is 4.32. The molecule has 0 fully saturated rings. The number of aromatic nitrogens is 2. The molecule has 0 radical (unpaired) electrons. The summed E-state index contributed by atoms with van der Waals surface area (Å²) in [4.78, 5) is 8.51. The zero-order chi connectivity index (χ0) is 14.4. The van der Waals surface area contributed by atoms with Crippen molar-refractivity contribution >= 4 is 12.2 Å². The molecule has 0 saturated carbocycles. The Morgan fingerprint density at radius 3 is 2.60 bits per heavy atom. The molecule has 1 N–H and O–H groups in total. The number of ether oxygens (including phenoxy) is 1. The summed E-state index contributed by atoms with van der Waals surface area (Å²) in [5, 5.41) is 4.16. The van der Waals surface area contributed by atoms with Gasteiger partial charge in [-0.3, -0.25) is 0 Å². The van der Waals surface area contributed by atoms with Crippen molar-refractivity contribution in [2.24, 2.45) is 5.10 Å². The minimum atomic E-state index is 0.493. The fourth-order valence-electron chi connectivity index (χ4n) is 1.81. The first-order valence-corrected chi connectivity index (χ1v) is 6.52. The van der Waals surface area contributed by atoms with Gasteiger partial charge in [0, 0.05) is 17.0 Å². The van der Waals surface area contributed by atoms with E-state index in [2.05, 4.69) is 20.5 Å². The van der Waals surface area contributed by atoms with Crippen molar-refractivity contribution in [1.82, 2.24) is 9.97 Å². The molecule has 0 atom stereocenters. The largest absolute Gasteiger partial charge is 0.493 e. The topological polar surface area (TPSA) is 59.4 Å². The van der Waals surface area contributed by atoms with Crippen LogP contribution >= 0.6 is 0 Å². The molecule has 5 heteroatoms. The number of benzene rings is 1. The molecule has 0 aliphatic rings. The monoisotopic (exact) mass is 270 g/mol. The van der Waals surface area contributed by atoms with Crippen LogP contribution in [0.4, 0.5) is 5.95 Å². The van der Waals surface area contributed by atoms with E-state index in [0.29, 0.717) is 12.6 Å². The van der Waals surface area contributed by atoms with Crippen LogP contribution in [0.1, 0.15) is 23.9 Å². The average Bonchev–Trinajstić information content (AvgIpc) is 2.40. The smallest absolute Gasteiger partial charge is 0.243 e. The average molecular weight is 270 g/mol. The van der Waals surface area contributed by atoms with Gasteiger partial charge in [-0.25, -0.2) is 15.4 Å². The molecule has 0 aliphatic heterocycles. The van der Waals surface area contributed by atoms with Crippen molar-refractivity contribution in [2.75, 3.05) is 12.0 Å². The first-order valence-electron chi connectivity index (χ1n) is 6.52. The third-order valence-electron chi connectivity index (χ3n) is 2.57. The van der Waals surface area contributed by atoms with Gasteiger partial charge in [-0.15, -0.1) is 0 Å². The number of hydrogen-bond acceptors (Lipinski definition) is 5. The van der Waals surface area contributed by atoms with Crippen molar-refractivity contribution in [3.05, 3.63) is 47.3 Å². The summed E-state index contributed by atoms with van der Waals surface area (Å²) in [6, 6.07) is 9.65. The van der Waals surface area contributed by atoms with E-state index in [9.17, 15) is 0 Å². The predicted octanol–water partition coefficient (Wildman–Crippen LogP) is 2.94. The van der Waals surface area contributed by atoms with Crippen LogP contribution in [0.5, 0.6) is 5.75 Å². The minimum absolute atomic E-state index is 0.493. The van der Waals surface area contributed by atoms with Gasteiger partial charge in [0.25, 0.3) is 0 Å². The summed E-state index contributed by atoms with van der Waals surface area (Å²) in [6.45, 7) is 6.43. The van der Waals surface area contributed by atoms with Crippen molar-refractivity contribution in [1.29, 1.82) is 0 Å². The zero-order valence-corrected chi connectivity index (χ0v) is 11.9. The Kier molecular flexibility index (Phi) is 4.65. The van der Waals surface area contributed by atoms with Gasteiger partial charge < -0.3 is 4.74 Å². The lowest BCUT2D eigenvalue weighted by atomic mass is 10.2. The highest BCUT2D eigenvalue weighted by Gasteiger charge is 2.00. The molecule has 104 valence electrons. The number of rotatable bonds is 5. The van der Waals surface area contributed by atoms with E-state index >= 15 is 0 Å². The summed E-state index contributed by atoms with van der Waals surface area (Å²) in [6.07, 6.45) is 1.70. The summed E-state index contributed by atoms with van der Waals surface area (Å²) in [5.41, 5.74) is 5.56. The van der Waals surface area contributed by atoms with Gasteiger partial charge in [-0.2, -0.15) is 5.10 Å². The highest BCUT2D eigenvalue weighted by Crippen LogP contribution is 2.15. The third-order valence-corrected chi connectivity index (χ3v) is 2.57. The van der Waals surface area contributed by atoms with Gasteiger partial charge in [0.15, 0.2) is 0 Å². The van der Waals surface area contributed by atoms with Crippen molar-refractivity contribution in [2.45, 2.75) is 20.8 Å². The van der Waals surface area contributed by atoms with Crippen LogP contribution < -0.4 is 10.2 Å². The summed E-state index contributed by atoms with van der Waals surface area (Å²) < 4.78 is 5.53. The second kappa shape index (κ2) is 6.65. The van der Waals surface area contributed by atoms with Gasteiger partial charge in [-0.05, 0) is 39.0 Å². The highest BCUT2D eigenvalue weighted by atomic mass is 16.5. The number of aryl methyl sites for hydroxylation is 2. The van der Waals surface area contributed by atoms with Crippen LogP contribution in [0.3, 0.4) is 0 Å². The van der Waals surface area contributed by atoms with Crippen LogP contribution in [0.25, 0.3) is 0 Å². The fraction of sp³-hybridized carbons (Fsp3) is 0.267. The van der Waals surface area contributed by atoms with E-state index in [1.807, 2.05) is 51.1 Å². The molecule has 0 saturated heterocycles. The van der Waals surface area contributed by atoms with E-state index in [0.717, 1.165) is 22.7 Å². The number of nitrogens with one attached hydrogen (secondary N) is 1. The lowest BCUT2D eigenvalue weighted by molar-refractivity contribution is 0.340. The molecule has 0 bridgehead atoms. The van der Waals surface area contributed by atoms with Crippen molar-refractivity contribution in [3.8, 4) is 5.75 Å². The number of para-hydroxylation sites is 1. The lowest BCUT2D eigenvalue weighted by Crippen LogP contribution is -2.00. The molecular formula is C15H18N4O. The van der Waals surface area contributed by atoms with Crippen LogP contribution in [-0.2, 0) is 0 Å². The van der Waals surface area contributed by atoms with Crippen molar-refractivity contribution in [3.63, 3.8) is 0 Å². The molecule has 2 rings (SSSR count). The molecule has 0 spiro atoms. The Bertz CT molecular complexity index is 590. The summed E-state index contributed by atoms with van der Waals surface area (Å²) in [5.74, 6) is 1.30. The third kappa shape index (κ3) is 3.78. The molecule has 1 aromatic carbocycles. The van der Waals surface area contributed by atoms with Gasteiger partial charge in [-0.1, -0.05) is 12.1 Å². The van der Waals surface area contributed by atoms with Gasteiger partial charge in [0.1, 0.15) is 5.75 Å². The Hall–Kier alpha value is -2.43. The first kappa shape index (κ1) is 14.0. The normalized spacial score (nSPS) is 10.8. The Balaban J connectivity index is 2.10. The van der Waals surface area contributed by atoms with Crippen LogP contribution in [0, 0.1) is 13.8 Å². The van der Waals surface area contributed by atoms with Crippen LogP contribution in [0.15, 0.2) is 35.4 Å². The second-order valence-corrected chi connectivity index (χ2v) is 4.32. The predicted molar refractivity (Wildman–Crippen MR) is 80.3 cm³/mol. The van der Waals surface area contributed by atoms with E-state index in [1.165, 1.54) is 0 Å². The molecule has 1 aromatic heterocycles. The fourth-order valence-corrected chi connectivity index (χ4v) is 1.81. The van der Waals surface area contributed by atoms with Gasteiger partial charge in [0.2, 0.25) is 5.95 Å². The summed E-state index contributed by atoms with van der Waals surface area (Å²) >= 11 is 0. The number of nitrogens with zero attached hydrogens (tertiary/aromatic N) is 3. The van der Waals surface area contributed by atoms with Crippen LogP contribution in [-0.4, -0.2) is 22.8 Å². The molecular weight excluding hydrogens is 252 g/mol. The molecule has 2 aromatic rings. The SMILES string of the molecule is CCOc1ccccc1C=NNc1nc(C)cc(C)n1. The Morgan fingerprint density at radius 2 is 1.90 bits per heavy atom.